The summed E-state index contributed by atoms with van der Waals surface area (Å²) in [4.78, 5) is 34.8. The molecule has 0 unspecified atom stereocenters. The fourth-order valence-corrected chi connectivity index (χ4v) is 2.46. The van der Waals surface area contributed by atoms with Crippen LogP contribution in [0.2, 0.25) is 0 Å². The number of benzene rings is 1. The van der Waals surface area contributed by atoms with Gasteiger partial charge in [-0.15, -0.1) is 0 Å². The predicted octanol–water partition coefficient (Wildman–Crippen LogP) is 2.39. The van der Waals surface area contributed by atoms with E-state index in [1.54, 1.807) is 25.1 Å². The minimum absolute atomic E-state index is 0.0605. The smallest absolute Gasteiger partial charge is 0.298 e. The normalized spacial score (nSPS) is 11.6. The van der Waals surface area contributed by atoms with Crippen molar-refractivity contribution in [2.45, 2.75) is 26.8 Å². The van der Waals surface area contributed by atoms with E-state index in [2.05, 4.69) is 5.10 Å². The summed E-state index contributed by atoms with van der Waals surface area (Å²) in [6.45, 7) is 3.70. The van der Waals surface area contributed by atoms with Gasteiger partial charge in [0.2, 0.25) is 0 Å². The van der Waals surface area contributed by atoms with Gasteiger partial charge in [0.05, 0.1) is 11.0 Å². The van der Waals surface area contributed by atoms with Gasteiger partial charge in [-0.05, 0) is 19.4 Å². The van der Waals surface area contributed by atoms with Crippen LogP contribution < -0.4 is 0 Å². The number of carbonyl (C=O) groups excluding carboxylic acids is 2. The Balaban J connectivity index is 2.08. The minimum atomic E-state index is -1.40. The molecule has 0 saturated heterocycles. The Morgan fingerprint density at radius 3 is 2.68 bits per heavy atom. The summed E-state index contributed by atoms with van der Waals surface area (Å²) in [7, 11) is 0. The minimum Gasteiger partial charge on any atom is -0.298 e. The molecule has 8 heteroatoms. The molecule has 1 heterocycles. The number of carbonyl (C=O) groups is 2. The molecule has 2 aromatic rings. The summed E-state index contributed by atoms with van der Waals surface area (Å²) in [5.74, 6) is -2.46. The van der Waals surface area contributed by atoms with E-state index in [-0.39, 0.29) is 18.7 Å². The zero-order chi connectivity index (χ0) is 18.6. The number of aromatic nitrogens is 2. The van der Waals surface area contributed by atoms with E-state index in [9.17, 15) is 25.0 Å². The van der Waals surface area contributed by atoms with Crippen molar-refractivity contribution in [1.29, 1.82) is 5.26 Å². The molecule has 0 aliphatic heterocycles. The number of Topliss-reactive ketones (excluding diaryl/α,β-unsaturated/α-hetero) is 2. The Morgan fingerprint density at radius 2 is 2.12 bits per heavy atom. The van der Waals surface area contributed by atoms with Crippen LogP contribution in [0.25, 0.3) is 0 Å². The Bertz CT molecular complexity index is 879. The van der Waals surface area contributed by atoms with E-state index in [4.69, 9.17) is 0 Å². The number of hydrogen-bond acceptors (Lipinski definition) is 6. The van der Waals surface area contributed by atoms with E-state index < -0.39 is 22.4 Å². The van der Waals surface area contributed by atoms with Gasteiger partial charge < -0.3 is 0 Å². The molecule has 1 aromatic carbocycles. The molecular weight excluding hydrogens is 324 g/mol. The van der Waals surface area contributed by atoms with E-state index in [1.807, 2.05) is 13.0 Å². The third-order valence-corrected chi connectivity index (χ3v) is 3.78. The van der Waals surface area contributed by atoms with Crippen molar-refractivity contribution in [2.75, 3.05) is 0 Å². The number of nitrogens with zero attached hydrogens (tertiary/aromatic N) is 4. The van der Waals surface area contributed by atoms with Gasteiger partial charge in [-0.1, -0.05) is 23.8 Å². The van der Waals surface area contributed by atoms with E-state index >= 15 is 0 Å². The average molecular weight is 340 g/mol. The molecule has 0 aliphatic rings. The first-order valence-corrected chi connectivity index (χ1v) is 7.54. The first-order chi connectivity index (χ1) is 11.8. The molecule has 0 N–H and O–H groups in total. The highest BCUT2D eigenvalue weighted by Crippen LogP contribution is 2.17. The molecule has 1 atom stereocenters. The van der Waals surface area contributed by atoms with Gasteiger partial charge in [-0.2, -0.15) is 10.4 Å². The van der Waals surface area contributed by atoms with Crippen molar-refractivity contribution < 1.29 is 14.5 Å². The summed E-state index contributed by atoms with van der Waals surface area (Å²) in [6.07, 6.45) is 2.15. The van der Waals surface area contributed by atoms with Crippen LogP contribution in [0.1, 0.15) is 27.9 Å². The second kappa shape index (κ2) is 7.49. The van der Waals surface area contributed by atoms with Crippen molar-refractivity contribution in [3.8, 4) is 6.07 Å². The van der Waals surface area contributed by atoms with Crippen LogP contribution in [0.5, 0.6) is 0 Å². The summed E-state index contributed by atoms with van der Waals surface area (Å²) >= 11 is 0. The van der Waals surface area contributed by atoms with E-state index in [0.29, 0.717) is 11.1 Å². The highest BCUT2D eigenvalue weighted by atomic mass is 16.6. The quantitative estimate of drug-likeness (QED) is 0.330. The van der Waals surface area contributed by atoms with Crippen LogP contribution in [0.15, 0.2) is 30.6 Å². The standard InChI is InChI=1S/C17H16N4O4/c1-11-3-4-14(12(2)7-11)17(23)15(8-18)16(22)5-6-20-10-13(9-19-20)21(24)25/h3-4,7,9-10,15H,5-6H2,1-2H3/t15-/m1/s1. The van der Waals surface area contributed by atoms with Crippen LogP contribution in [-0.4, -0.2) is 26.3 Å². The van der Waals surface area contributed by atoms with Crippen LogP contribution in [0.4, 0.5) is 5.69 Å². The molecule has 0 spiro atoms. The molecule has 8 nitrogen and oxygen atoms in total. The lowest BCUT2D eigenvalue weighted by molar-refractivity contribution is -0.385. The highest BCUT2D eigenvalue weighted by Gasteiger charge is 2.28. The third kappa shape index (κ3) is 4.14. The molecule has 0 radical (unpaired) electrons. The van der Waals surface area contributed by atoms with Crippen LogP contribution in [0, 0.1) is 41.2 Å². The van der Waals surface area contributed by atoms with E-state index in [0.717, 1.165) is 11.8 Å². The Morgan fingerprint density at radius 1 is 1.40 bits per heavy atom. The second-order valence-corrected chi connectivity index (χ2v) is 5.68. The number of nitro groups is 1. The molecule has 128 valence electrons. The lowest BCUT2D eigenvalue weighted by atomic mass is 9.90. The maximum atomic E-state index is 12.5. The van der Waals surface area contributed by atoms with Crippen LogP contribution >= 0.6 is 0 Å². The summed E-state index contributed by atoms with van der Waals surface area (Å²) < 4.78 is 1.24. The maximum absolute atomic E-state index is 12.5. The number of nitriles is 1. The monoisotopic (exact) mass is 340 g/mol. The van der Waals surface area contributed by atoms with Crippen molar-refractivity contribution in [1.82, 2.24) is 9.78 Å². The molecule has 0 amide bonds. The van der Waals surface area contributed by atoms with E-state index in [1.165, 1.54) is 10.9 Å². The Kier molecular flexibility index (Phi) is 5.39. The highest BCUT2D eigenvalue weighted by molar-refractivity contribution is 6.13. The van der Waals surface area contributed by atoms with Gasteiger partial charge in [0.25, 0.3) is 0 Å². The van der Waals surface area contributed by atoms with Crippen molar-refractivity contribution in [3.05, 3.63) is 57.4 Å². The SMILES string of the molecule is Cc1ccc(C(=O)[C@H](C#N)C(=O)CCn2cc([N+](=O)[O-])cn2)c(C)c1. The van der Waals surface area contributed by atoms with Gasteiger partial charge in [-0.25, -0.2) is 0 Å². The third-order valence-electron chi connectivity index (χ3n) is 3.78. The Hall–Kier alpha value is -3.34. The van der Waals surface area contributed by atoms with Crippen molar-refractivity contribution in [3.63, 3.8) is 0 Å². The number of aryl methyl sites for hydroxylation is 3. The van der Waals surface area contributed by atoms with Crippen LogP contribution in [0.3, 0.4) is 0 Å². The Labute approximate surface area is 143 Å². The molecule has 2 rings (SSSR count). The van der Waals surface area contributed by atoms with Gasteiger partial charge in [0.15, 0.2) is 17.5 Å². The summed E-state index contributed by atoms with van der Waals surface area (Å²) in [5.41, 5.74) is 1.85. The average Bonchev–Trinajstić information content (AvgIpc) is 3.02. The molecule has 1 aromatic heterocycles. The lowest BCUT2D eigenvalue weighted by Crippen LogP contribution is -2.24. The zero-order valence-electron chi connectivity index (χ0n) is 13.8. The number of ketones is 2. The largest absolute Gasteiger partial charge is 0.306 e. The molecule has 0 fully saturated rings. The van der Waals surface area contributed by atoms with Crippen molar-refractivity contribution in [2.24, 2.45) is 5.92 Å². The fourth-order valence-electron chi connectivity index (χ4n) is 2.46. The first kappa shape index (κ1) is 18.0. The predicted molar refractivity (Wildman–Crippen MR) is 87.9 cm³/mol. The molecule has 0 saturated carbocycles. The number of hydrogen-bond donors (Lipinski definition) is 0. The fraction of sp³-hybridized carbons (Fsp3) is 0.294. The van der Waals surface area contributed by atoms with Gasteiger partial charge in [0.1, 0.15) is 12.4 Å². The lowest BCUT2D eigenvalue weighted by Gasteiger charge is -2.10. The molecular formula is C17H16N4O4. The second-order valence-electron chi connectivity index (χ2n) is 5.68. The van der Waals surface area contributed by atoms with Crippen LogP contribution in [-0.2, 0) is 11.3 Å². The topological polar surface area (TPSA) is 119 Å². The molecule has 0 bridgehead atoms. The molecule has 0 aliphatic carbocycles. The van der Waals surface area contributed by atoms with Gasteiger partial charge in [-0.3, -0.25) is 24.4 Å². The molecule has 25 heavy (non-hydrogen) atoms. The summed E-state index contributed by atoms with van der Waals surface area (Å²) in [6, 6.07) is 6.94. The van der Waals surface area contributed by atoms with Gasteiger partial charge >= 0.3 is 5.69 Å². The number of rotatable bonds is 7. The maximum Gasteiger partial charge on any atom is 0.306 e. The van der Waals surface area contributed by atoms with Gasteiger partial charge in [0, 0.05) is 18.5 Å². The summed E-state index contributed by atoms with van der Waals surface area (Å²) in [5, 5.41) is 23.6. The zero-order valence-corrected chi connectivity index (χ0v) is 13.8. The van der Waals surface area contributed by atoms with Crippen molar-refractivity contribution >= 4 is 17.3 Å². The first-order valence-electron chi connectivity index (χ1n) is 7.54.